The molecule has 0 aliphatic rings. The lowest BCUT2D eigenvalue weighted by Gasteiger charge is -2.17. The second kappa shape index (κ2) is 6.10. The summed E-state index contributed by atoms with van der Waals surface area (Å²) < 4.78 is 34.0. The van der Waals surface area contributed by atoms with Crippen molar-refractivity contribution in [1.82, 2.24) is 0 Å². The molecule has 0 saturated carbocycles. The van der Waals surface area contributed by atoms with Crippen LogP contribution >= 0.6 is 0 Å². The van der Waals surface area contributed by atoms with Crippen molar-refractivity contribution in [2.75, 3.05) is 0 Å². The first-order chi connectivity index (χ1) is 8.29. The fourth-order valence-electron chi connectivity index (χ4n) is 1.68. The zero-order valence-electron chi connectivity index (χ0n) is 9.84. The van der Waals surface area contributed by atoms with E-state index in [1.807, 2.05) is 0 Å². The summed E-state index contributed by atoms with van der Waals surface area (Å²) in [4.78, 5) is 0. The van der Waals surface area contributed by atoms with Crippen molar-refractivity contribution < 1.29 is 34.6 Å². The highest BCUT2D eigenvalue weighted by Gasteiger charge is 2.05. The molecule has 0 amide bonds. The summed E-state index contributed by atoms with van der Waals surface area (Å²) in [5.41, 5.74) is 5.39. The highest BCUT2D eigenvalue weighted by molar-refractivity contribution is 5.85. The number of hydrogen-bond donors (Lipinski definition) is 1. The highest BCUT2D eigenvalue weighted by atomic mass is 35.7. The fraction of sp³-hybridized carbons (Fsp3) is 0.167. The van der Waals surface area contributed by atoms with E-state index in [1.54, 1.807) is 0 Å². The van der Waals surface area contributed by atoms with Gasteiger partial charge in [0.15, 0.2) is 0 Å². The Morgan fingerprint density at radius 3 is 2.00 bits per heavy atom. The van der Waals surface area contributed by atoms with Crippen LogP contribution in [0.4, 0.5) is 0 Å². The Balaban J connectivity index is 0.000000280. The highest BCUT2D eigenvalue weighted by Crippen LogP contribution is 2.21. The van der Waals surface area contributed by atoms with E-state index >= 15 is 0 Å². The van der Waals surface area contributed by atoms with Gasteiger partial charge in [-0.1, -0.05) is 42.5 Å². The predicted molar refractivity (Wildman–Crippen MR) is 55.3 cm³/mol. The first-order valence-corrected chi connectivity index (χ1v) is 6.45. The lowest BCUT2D eigenvalue weighted by Crippen LogP contribution is -2.68. The third kappa shape index (κ3) is 4.97. The quantitative estimate of drug-likeness (QED) is 0.611. The molecule has 0 aliphatic heterocycles. The SMILES string of the molecule is C[C@@H]([NH3+])c1cccc2ccccc12.[O-][Cl+3]([O-])([O-])[O-]. The number of quaternary nitrogens is 1. The zero-order chi connectivity index (χ0) is 13.8. The Morgan fingerprint density at radius 2 is 1.44 bits per heavy atom. The Morgan fingerprint density at radius 1 is 0.944 bits per heavy atom. The van der Waals surface area contributed by atoms with Crippen molar-refractivity contribution in [3.8, 4) is 0 Å². The van der Waals surface area contributed by atoms with Gasteiger partial charge in [0.05, 0.1) is 0 Å². The molecule has 2 aromatic rings. The third-order valence-corrected chi connectivity index (χ3v) is 2.35. The average molecular weight is 272 g/mol. The van der Waals surface area contributed by atoms with Gasteiger partial charge in [0, 0.05) is 5.56 Å². The van der Waals surface area contributed by atoms with Crippen LogP contribution in [0, 0.1) is 10.2 Å². The van der Waals surface area contributed by atoms with Gasteiger partial charge in [-0.05, 0) is 17.7 Å². The molecule has 0 bridgehead atoms. The normalized spacial score (nSPS) is 12.8. The number of halogens is 1. The number of rotatable bonds is 1. The van der Waals surface area contributed by atoms with Crippen molar-refractivity contribution in [3.05, 3.63) is 48.0 Å². The molecule has 0 aliphatic carbocycles. The Hall–Kier alpha value is -1.21. The summed E-state index contributed by atoms with van der Waals surface area (Å²) in [5.74, 6) is 0. The third-order valence-electron chi connectivity index (χ3n) is 2.35. The molecule has 98 valence electrons. The van der Waals surface area contributed by atoms with Crippen molar-refractivity contribution in [2.45, 2.75) is 13.0 Å². The van der Waals surface area contributed by atoms with Crippen LogP contribution in [0.25, 0.3) is 10.8 Å². The van der Waals surface area contributed by atoms with Gasteiger partial charge in [-0.25, -0.2) is 18.6 Å². The summed E-state index contributed by atoms with van der Waals surface area (Å²) in [6, 6.07) is 15.2. The van der Waals surface area contributed by atoms with Crippen LogP contribution in [0.5, 0.6) is 0 Å². The summed E-state index contributed by atoms with van der Waals surface area (Å²) in [6.07, 6.45) is 0. The van der Waals surface area contributed by atoms with Crippen LogP contribution < -0.4 is 24.4 Å². The Bertz CT molecular complexity index is 499. The largest absolute Gasteiger partial charge is 0.352 e. The van der Waals surface area contributed by atoms with E-state index in [0.717, 1.165) is 0 Å². The zero-order valence-corrected chi connectivity index (χ0v) is 10.6. The molecule has 2 rings (SSSR count). The molecule has 2 aromatic carbocycles. The van der Waals surface area contributed by atoms with Crippen LogP contribution in [0.2, 0.25) is 0 Å². The first kappa shape index (κ1) is 14.8. The summed E-state index contributed by atoms with van der Waals surface area (Å²) in [6.45, 7) is 2.13. The Labute approximate surface area is 107 Å². The van der Waals surface area contributed by atoms with Crippen LogP contribution in [0.3, 0.4) is 0 Å². The lowest BCUT2D eigenvalue weighted by atomic mass is 10.0. The van der Waals surface area contributed by atoms with Crippen molar-refractivity contribution in [1.29, 1.82) is 0 Å². The van der Waals surface area contributed by atoms with Crippen molar-refractivity contribution in [3.63, 3.8) is 0 Å². The summed E-state index contributed by atoms with van der Waals surface area (Å²) in [7, 11) is -4.94. The maximum Gasteiger partial charge on any atom is 0.108 e. The van der Waals surface area contributed by atoms with Crippen LogP contribution in [0.15, 0.2) is 42.5 Å². The van der Waals surface area contributed by atoms with Crippen LogP contribution in [0.1, 0.15) is 18.5 Å². The second-order valence-electron chi connectivity index (χ2n) is 3.85. The van der Waals surface area contributed by atoms with Gasteiger partial charge >= 0.3 is 0 Å². The molecule has 5 nitrogen and oxygen atoms in total. The van der Waals surface area contributed by atoms with E-state index in [0.29, 0.717) is 6.04 Å². The van der Waals surface area contributed by atoms with E-state index in [9.17, 15) is 0 Å². The molecule has 1 atom stereocenters. The maximum atomic E-state index is 8.49. The molecular formula is C12H14ClNO4. The van der Waals surface area contributed by atoms with E-state index in [2.05, 4.69) is 55.1 Å². The van der Waals surface area contributed by atoms with Gasteiger partial charge < -0.3 is 5.73 Å². The van der Waals surface area contributed by atoms with E-state index in [4.69, 9.17) is 18.6 Å². The molecule has 18 heavy (non-hydrogen) atoms. The number of fused-ring (bicyclic) bond motifs is 1. The van der Waals surface area contributed by atoms with Gasteiger partial charge in [0.2, 0.25) is 0 Å². The molecule has 0 heterocycles. The van der Waals surface area contributed by atoms with Gasteiger partial charge in [0.1, 0.15) is 6.04 Å². The minimum Gasteiger partial charge on any atom is -0.352 e. The van der Waals surface area contributed by atoms with Gasteiger partial charge in [0.25, 0.3) is 0 Å². The topological polar surface area (TPSA) is 120 Å². The average Bonchev–Trinajstić information content (AvgIpc) is 2.26. The van der Waals surface area contributed by atoms with Gasteiger partial charge in [-0.2, -0.15) is 0 Å². The number of hydrogen-bond acceptors (Lipinski definition) is 4. The minimum absolute atomic E-state index is 0.353. The molecule has 3 N–H and O–H groups in total. The van der Waals surface area contributed by atoms with E-state index in [1.165, 1.54) is 16.3 Å². The molecule has 6 heteroatoms. The number of benzene rings is 2. The predicted octanol–water partition coefficient (Wildman–Crippen LogP) is -2.61. The molecule has 0 saturated heterocycles. The first-order valence-electron chi connectivity index (χ1n) is 5.21. The molecular weight excluding hydrogens is 258 g/mol. The minimum atomic E-state index is -4.94. The standard InChI is InChI=1S/C12H13N.ClHO4/c1-9(13)11-8-4-6-10-5-2-3-7-12(10)11;2-1(3,4)5/h2-9H,13H2,1H3;(H,2,3,4,5)/t9-;/m1./s1. The van der Waals surface area contributed by atoms with E-state index < -0.39 is 10.2 Å². The summed E-state index contributed by atoms with van der Waals surface area (Å²) >= 11 is 0. The summed E-state index contributed by atoms with van der Waals surface area (Å²) in [5, 5.41) is 2.63. The molecule has 0 aromatic heterocycles. The molecule has 0 radical (unpaired) electrons. The van der Waals surface area contributed by atoms with E-state index in [-0.39, 0.29) is 0 Å². The van der Waals surface area contributed by atoms with Crippen molar-refractivity contribution in [2.24, 2.45) is 0 Å². The lowest BCUT2D eigenvalue weighted by molar-refractivity contribution is -2.00. The Kier molecular flexibility index (Phi) is 5.03. The van der Waals surface area contributed by atoms with Crippen molar-refractivity contribution >= 4 is 10.8 Å². The van der Waals surface area contributed by atoms with Gasteiger partial charge in [-0.3, -0.25) is 0 Å². The van der Waals surface area contributed by atoms with Crippen LogP contribution in [-0.2, 0) is 0 Å². The smallest absolute Gasteiger partial charge is 0.108 e. The van der Waals surface area contributed by atoms with Gasteiger partial charge in [-0.15, -0.1) is 10.2 Å². The molecule has 0 fully saturated rings. The monoisotopic (exact) mass is 271 g/mol. The second-order valence-corrected chi connectivity index (χ2v) is 4.60. The molecule has 0 unspecified atom stereocenters. The maximum absolute atomic E-state index is 8.49. The fourth-order valence-corrected chi connectivity index (χ4v) is 1.68. The van der Waals surface area contributed by atoms with Crippen LogP contribution in [-0.4, -0.2) is 0 Å². The molecule has 0 spiro atoms.